The molecule has 0 atom stereocenters. The van der Waals surface area contributed by atoms with Crippen LogP contribution in [0.4, 0.5) is 0 Å². The zero-order chi connectivity index (χ0) is 26.7. The summed E-state index contributed by atoms with van der Waals surface area (Å²) in [5.41, 5.74) is 7.20. The standard InChI is InChI=1S/C28H33N5O5/c1-27(2,36)15-37-22-8-7-21-20(14-31-33(21)23(22)16-5-6-16)25(35)32-17-10-28(11-17)12-18(13-28)38-26-19(24(29)34)4-3-9-30-26/h3-4,7-9,14,16-18,36H,5-6,10-13,15H2,1-2H3,(H2,29,34)(H,32,35). The van der Waals surface area contributed by atoms with Gasteiger partial charge in [0.05, 0.1) is 28.6 Å². The van der Waals surface area contributed by atoms with Crippen LogP contribution in [0.5, 0.6) is 11.6 Å². The molecule has 4 N–H and O–H groups in total. The van der Waals surface area contributed by atoms with Crippen LogP contribution < -0.4 is 20.5 Å². The number of nitrogens with two attached hydrogens (primary N) is 1. The molecule has 38 heavy (non-hydrogen) atoms. The molecule has 3 aromatic heterocycles. The third kappa shape index (κ3) is 4.69. The summed E-state index contributed by atoms with van der Waals surface area (Å²) in [5, 5.41) is 17.8. The lowest BCUT2D eigenvalue weighted by Gasteiger charge is -2.57. The molecule has 3 heterocycles. The summed E-state index contributed by atoms with van der Waals surface area (Å²) in [6.45, 7) is 3.59. The molecule has 0 aliphatic heterocycles. The van der Waals surface area contributed by atoms with Gasteiger partial charge >= 0.3 is 0 Å². The number of carbonyl (C=O) groups is 2. The first-order valence-electron chi connectivity index (χ1n) is 13.2. The number of amides is 2. The third-order valence-electron chi connectivity index (χ3n) is 7.80. The fraction of sp³-hybridized carbons (Fsp3) is 0.500. The average Bonchev–Trinajstić information content (AvgIpc) is 3.56. The number of primary amides is 1. The van der Waals surface area contributed by atoms with Crippen molar-refractivity contribution in [1.82, 2.24) is 19.9 Å². The van der Waals surface area contributed by atoms with E-state index >= 15 is 0 Å². The van der Waals surface area contributed by atoms with E-state index in [4.69, 9.17) is 15.2 Å². The van der Waals surface area contributed by atoms with E-state index < -0.39 is 11.5 Å². The van der Waals surface area contributed by atoms with E-state index in [2.05, 4.69) is 15.4 Å². The van der Waals surface area contributed by atoms with Crippen molar-refractivity contribution in [2.75, 3.05) is 6.61 Å². The largest absolute Gasteiger partial charge is 0.489 e. The first kappa shape index (κ1) is 24.7. The highest BCUT2D eigenvalue weighted by atomic mass is 16.5. The lowest BCUT2D eigenvalue weighted by Crippen LogP contribution is -2.58. The van der Waals surface area contributed by atoms with Crippen LogP contribution in [0.25, 0.3) is 5.52 Å². The summed E-state index contributed by atoms with van der Waals surface area (Å²) >= 11 is 0. The maximum Gasteiger partial charge on any atom is 0.255 e. The predicted octanol–water partition coefficient (Wildman–Crippen LogP) is 2.98. The average molecular weight is 520 g/mol. The normalized spacial score (nSPS) is 24.5. The molecule has 200 valence electrons. The minimum absolute atomic E-state index is 0.00654. The number of nitrogens with zero attached hydrogens (tertiary/aromatic N) is 3. The topological polar surface area (TPSA) is 141 Å². The van der Waals surface area contributed by atoms with Gasteiger partial charge in [-0.05, 0) is 82.1 Å². The number of aromatic nitrogens is 3. The molecule has 2 amide bonds. The zero-order valence-corrected chi connectivity index (χ0v) is 21.6. The van der Waals surface area contributed by atoms with Crippen LogP contribution in [0, 0.1) is 5.41 Å². The first-order chi connectivity index (χ1) is 18.1. The minimum atomic E-state index is -0.942. The maximum absolute atomic E-state index is 13.2. The molecule has 10 heteroatoms. The van der Waals surface area contributed by atoms with Gasteiger partial charge in [-0.25, -0.2) is 9.50 Å². The highest BCUT2D eigenvalue weighted by molar-refractivity contribution is 6.01. The van der Waals surface area contributed by atoms with Crippen molar-refractivity contribution in [3.63, 3.8) is 0 Å². The smallest absolute Gasteiger partial charge is 0.255 e. The van der Waals surface area contributed by atoms with E-state index in [0.29, 0.717) is 22.8 Å². The number of aliphatic hydroxyl groups is 1. The molecule has 3 aliphatic rings. The van der Waals surface area contributed by atoms with Crippen LogP contribution in [-0.4, -0.2) is 55.9 Å². The maximum atomic E-state index is 13.2. The number of rotatable bonds is 9. The monoisotopic (exact) mass is 519 g/mol. The molecule has 0 aromatic carbocycles. The Kier molecular flexibility index (Phi) is 5.82. The van der Waals surface area contributed by atoms with E-state index in [0.717, 1.165) is 49.7 Å². The highest BCUT2D eigenvalue weighted by Crippen LogP contribution is 2.57. The van der Waals surface area contributed by atoms with Gasteiger partial charge in [-0.3, -0.25) is 9.59 Å². The van der Waals surface area contributed by atoms with Crippen molar-refractivity contribution in [1.29, 1.82) is 0 Å². The molecule has 10 nitrogen and oxygen atoms in total. The summed E-state index contributed by atoms with van der Waals surface area (Å²) in [6.07, 6.45) is 8.83. The van der Waals surface area contributed by atoms with Crippen LogP contribution in [0.1, 0.15) is 84.7 Å². The van der Waals surface area contributed by atoms with E-state index in [9.17, 15) is 14.7 Å². The van der Waals surface area contributed by atoms with Crippen molar-refractivity contribution >= 4 is 17.3 Å². The van der Waals surface area contributed by atoms with E-state index in [-0.39, 0.29) is 36.0 Å². The van der Waals surface area contributed by atoms with Crippen LogP contribution in [0.2, 0.25) is 0 Å². The molecular weight excluding hydrogens is 486 g/mol. The number of ether oxygens (including phenoxy) is 2. The second-order valence-electron chi connectivity index (χ2n) is 11.8. The van der Waals surface area contributed by atoms with Crippen molar-refractivity contribution in [2.45, 2.75) is 76.0 Å². The van der Waals surface area contributed by atoms with Gasteiger partial charge in [0.15, 0.2) is 0 Å². The molecule has 3 fully saturated rings. The van der Waals surface area contributed by atoms with Gasteiger partial charge in [-0.15, -0.1) is 0 Å². The molecule has 0 unspecified atom stereocenters. The van der Waals surface area contributed by atoms with E-state index in [1.165, 1.54) is 0 Å². The van der Waals surface area contributed by atoms with Crippen LogP contribution in [0.3, 0.4) is 0 Å². The molecule has 3 saturated carbocycles. The lowest BCUT2D eigenvalue weighted by atomic mass is 9.53. The molecule has 1 spiro atoms. The van der Waals surface area contributed by atoms with Crippen molar-refractivity contribution < 1.29 is 24.2 Å². The molecular formula is C28H33N5O5. The van der Waals surface area contributed by atoms with Gasteiger partial charge < -0.3 is 25.6 Å². The highest BCUT2D eigenvalue weighted by Gasteiger charge is 2.54. The number of hydrogen-bond donors (Lipinski definition) is 3. The van der Waals surface area contributed by atoms with Crippen molar-refractivity contribution in [3.05, 3.63) is 53.5 Å². The van der Waals surface area contributed by atoms with Gasteiger partial charge in [-0.1, -0.05) is 0 Å². The summed E-state index contributed by atoms with van der Waals surface area (Å²) in [7, 11) is 0. The number of carbonyl (C=O) groups excluding carboxylic acids is 2. The molecule has 3 aromatic rings. The van der Waals surface area contributed by atoms with Gasteiger partial charge in [0.2, 0.25) is 5.88 Å². The molecule has 3 aliphatic carbocycles. The fourth-order valence-electron chi connectivity index (χ4n) is 5.84. The fourth-order valence-corrected chi connectivity index (χ4v) is 5.84. The molecule has 0 radical (unpaired) electrons. The molecule has 0 saturated heterocycles. The van der Waals surface area contributed by atoms with Gasteiger partial charge in [-0.2, -0.15) is 5.10 Å². The number of nitrogens with one attached hydrogen (secondary N) is 1. The minimum Gasteiger partial charge on any atom is -0.489 e. The first-order valence-corrected chi connectivity index (χ1v) is 13.2. The van der Waals surface area contributed by atoms with Crippen LogP contribution in [0.15, 0.2) is 36.7 Å². The number of hydrogen-bond acceptors (Lipinski definition) is 7. The van der Waals surface area contributed by atoms with E-state index in [1.54, 1.807) is 38.4 Å². The van der Waals surface area contributed by atoms with E-state index in [1.807, 2.05) is 16.6 Å². The van der Waals surface area contributed by atoms with Crippen LogP contribution in [-0.2, 0) is 0 Å². The quantitative estimate of drug-likeness (QED) is 0.395. The van der Waals surface area contributed by atoms with Gasteiger partial charge in [0.25, 0.3) is 11.8 Å². The lowest BCUT2D eigenvalue weighted by molar-refractivity contribution is -0.0848. The second kappa shape index (κ2) is 8.97. The Hall–Kier alpha value is -3.66. The number of pyridine rings is 2. The Morgan fingerprint density at radius 3 is 2.63 bits per heavy atom. The van der Waals surface area contributed by atoms with Crippen LogP contribution >= 0.6 is 0 Å². The molecule has 6 rings (SSSR count). The Balaban J connectivity index is 1.07. The zero-order valence-electron chi connectivity index (χ0n) is 21.6. The third-order valence-corrected chi connectivity index (χ3v) is 7.80. The summed E-state index contributed by atoms with van der Waals surface area (Å²) in [4.78, 5) is 28.9. The Morgan fingerprint density at radius 1 is 1.18 bits per heavy atom. The number of fused-ring (bicyclic) bond motifs is 1. The second-order valence-corrected chi connectivity index (χ2v) is 11.8. The van der Waals surface area contributed by atoms with Crippen molar-refractivity contribution in [2.24, 2.45) is 11.1 Å². The van der Waals surface area contributed by atoms with Crippen molar-refractivity contribution in [3.8, 4) is 11.6 Å². The van der Waals surface area contributed by atoms with Gasteiger partial charge in [0.1, 0.15) is 24.0 Å². The Bertz CT molecular complexity index is 1390. The summed E-state index contributed by atoms with van der Waals surface area (Å²) < 4.78 is 13.7. The van der Waals surface area contributed by atoms with Gasteiger partial charge in [0, 0.05) is 18.2 Å². The SMILES string of the molecule is CC(C)(O)COc1ccc2c(C(=O)NC3CC4(C3)CC(Oc3ncccc3C(N)=O)C4)cnn2c1C1CC1. The summed E-state index contributed by atoms with van der Waals surface area (Å²) in [6, 6.07) is 7.13. The Labute approximate surface area is 220 Å². The predicted molar refractivity (Wildman–Crippen MR) is 138 cm³/mol. The summed E-state index contributed by atoms with van der Waals surface area (Å²) in [5.74, 6) is 0.656. The Morgan fingerprint density at radius 2 is 1.95 bits per heavy atom. The molecule has 0 bridgehead atoms.